The molecule has 0 fully saturated rings. The van der Waals surface area contributed by atoms with E-state index in [0.717, 1.165) is 15.7 Å². The first-order chi connectivity index (χ1) is 13.2. The van der Waals surface area contributed by atoms with Crippen LogP contribution in [-0.4, -0.2) is 30.7 Å². The molecular formula is C19H15BrN6O. The Kier molecular flexibility index (Phi) is 4.80. The first kappa shape index (κ1) is 17.2. The number of nitrogens with one attached hydrogen (secondary N) is 1. The Morgan fingerprint density at radius 3 is 2.56 bits per heavy atom. The molecule has 7 nitrogen and oxygen atoms in total. The molecule has 0 aliphatic heterocycles. The average Bonchev–Trinajstić information content (AvgIpc) is 3.34. The van der Waals surface area contributed by atoms with E-state index in [0.29, 0.717) is 12.4 Å². The summed E-state index contributed by atoms with van der Waals surface area (Å²) in [6, 6.07) is 19.1. The third kappa shape index (κ3) is 3.95. The van der Waals surface area contributed by atoms with Gasteiger partial charge in [0.15, 0.2) is 5.69 Å². The number of anilines is 1. The van der Waals surface area contributed by atoms with E-state index in [1.54, 1.807) is 16.9 Å². The number of rotatable bonds is 5. The number of aromatic nitrogens is 5. The van der Waals surface area contributed by atoms with Crippen LogP contribution >= 0.6 is 15.9 Å². The summed E-state index contributed by atoms with van der Waals surface area (Å²) in [5, 5.41) is 15.5. The smallest absolute Gasteiger partial charge is 0.279 e. The molecule has 0 aliphatic carbocycles. The van der Waals surface area contributed by atoms with Crippen LogP contribution in [0.4, 0.5) is 5.82 Å². The van der Waals surface area contributed by atoms with Crippen LogP contribution in [0.3, 0.4) is 0 Å². The van der Waals surface area contributed by atoms with Crippen molar-refractivity contribution in [2.45, 2.75) is 6.54 Å². The fourth-order valence-corrected chi connectivity index (χ4v) is 2.83. The summed E-state index contributed by atoms with van der Waals surface area (Å²) >= 11 is 3.42. The molecule has 4 aromatic rings. The van der Waals surface area contributed by atoms with Gasteiger partial charge in [0.2, 0.25) is 0 Å². The van der Waals surface area contributed by atoms with Gasteiger partial charge in [-0.25, -0.2) is 4.68 Å². The minimum Gasteiger partial charge on any atom is -0.305 e. The lowest BCUT2D eigenvalue weighted by Crippen LogP contribution is -2.17. The van der Waals surface area contributed by atoms with Crippen molar-refractivity contribution in [2.24, 2.45) is 0 Å². The van der Waals surface area contributed by atoms with Gasteiger partial charge in [0.25, 0.3) is 5.91 Å². The normalized spacial score (nSPS) is 10.7. The summed E-state index contributed by atoms with van der Waals surface area (Å²) in [6.45, 7) is 0.548. The number of carbonyl (C=O) groups is 1. The SMILES string of the molecule is O=C(Nc1ccnn1Cc1ccc(Br)cc1)c1cnn(-c2ccccc2)n1. The maximum atomic E-state index is 12.5. The Balaban J connectivity index is 1.48. The molecule has 1 amide bonds. The zero-order valence-electron chi connectivity index (χ0n) is 14.2. The predicted octanol–water partition coefficient (Wildman–Crippen LogP) is 3.53. The number of halogens is 1. The molecule has 0 radical (unpaired) electrons. The third-order valence-electron chi connectivity index (χ3n) is 3.92. The monoisotopic (exact) mass is 422 g/mol. The molecule has 0 bridgehead atoms. The predicted molar refractivity (Wildman–Crippen MR) is 105 cm³/mol. The van der Waals surface area contributed by atoms with E-state index in [4.69, 9.17) is 0 Å². The van der Waals surface area contributed by atoms with Gasteiger partial charge in [0.05, 0.1) is 24.6 Å². The van der Waals surface area contributed by atoms with Gasteiger partial charge in [-0.15, -0.1) is 5.10 Å². The van der Waals surface area contributed by atoms with Crippen LogP contribution in [0.25, 0.3) is 5.69 Å². The van der Waals surface area contributed by atoms with Crippen molar-refractivity contribution in [3.63, 3.8) is 0 Å². The van der Waals surface area contributed by atoms with Crippen LogP contribution in [-0.2, 0) is 6.54 Å². The van der Waals surface area contributed by atoms with Crippen LogP contribution in [0.5, 0.6) is 0 Å². The number of para-hydroxylation sites is 1. The third-order valence-corrected chi connectivity index (χ3v) is 4.44. The van der Waals surface area contributed by atoms with E-state index >= 15 is 0 Å². The molecule has 8 heteroatoms. The summed E-state index contributed by atoms with van der Waals surface area (Å²) in [6.07, 6.45) is 3.09. The van der Waals surface area contributed by atoms with E-state index in [1.807, 2.05) is 54.6 Å². The molecule has 0 aliphatic rings. The van der Waals surface area contributed by atoms with Gasteiger partial charge >= 0.3 is 0 Å². The molecule has 4 rings (SSSR count). The Morgan fingerprint density at radius 1 is 1.00 bits per heavy atom. The van der Waals surface area contributed by atoms with Crippen LogP contribution in [0.15, 0.2) is 77.5 Å². The van der Waals surface area contributed by atoms with Crippen molar-refractivity contribution in [1.29, 1.82) is 0 Å². The molecule has 0 saturated heterocycles. The molecule has 1 N–H and O–H groups in total. The van der Waals surface area contributed by atoms with Gasteiger partial charge in [-0.3, -0.25) is 4.79 Å². The largest absolute Gasteiger partial charge is 0.305 e. The fourth-order valence-electron chi connectivity index (χ4n) is 2.56. The number of carbonyl (C=O) groups excluding carboxylic acids is 1. The molecule has 2 heterocycles. The zero-order valence-corrected chi connectivity index (χ0v) is 15.7. The van der Waals surface area contributed by atoms with Crippen molar-refractivity contribution in [3.8, 4) is 5.69 Å². The second-order valence-electron chi connectivity index (χ2n) is 5.81. The van der Waals surface area contributed by atoms with E-state index in [-0.39, 0.29) is 11.6 Å². The average molecular weight is 423 g/mol. The lowest BCUT2D eigenvalue weighted by molar-refractivity contribution is 0.102. The first-order valence-electron chi connectivity index (χ1n) is 8.24. The lowest BCUT2D eigenvalue weighted by Gasteiger charge is -2.08. The van der Waals surface area contributed by atoms with E-state index in [2.05, 4.69) is 36.5 Å². The van der Waals surface area contributed by atoms with Gasteiger partial charge in [-0.05, 0) is 29.8 Å². The molecule has 27 heavy (non-hydrogen) atoms. The van der Waals surface area contributed by atoms with E-state index in [1.165, 1.54) is 11.0 Å². The molecule has 0 unspecified atom stereocenters. The quantitative estimate of drug-likeness (QED) is 0.533. The minimum absolute atomic E-state index is 0.232. The second-order valence-corrected chi connectivity index (χ2v) is 6.73. The first-order valence-corrected chi connectivity index (χ1v) is 9.04. The van der Waals surface area contributed by atoms with E-state index in [9.17, 15) is 4.79 Å². The summed E-state index contributed by atoms with van der Waals surface area (Å²) in [7, 11) is 0. The number of hydrogen-bond donors (Lipinski definition) is 1. The molecular weight excluding hydrogens is 408 g/mol. The Bertz CT molecular complexity index is 1060. The molecule has 2 aromatic carbocycles. The maximum Gasteiger partial charge on any atom is 0.279 e. The highest BCUT2D eigenvalue weighted by molar-refractivity contribution is 9.10. The van der Waals surface area contributed by atoms with E-state index < -0.39 is 0 Å². The van der Waals surface area contributed by atoms with Gasteiger partial charge in [0.1, 0.15) is 5.82 Å². The van der Waals surface area contributed by atoms with Gasteiger partial charge in [-0.1, -0.05) is 46.3 Å². The highest BCUT2D eigenvalue weighted by Crippen LogP contribution is 2.14. The summed E-state index contributed by atoms with van der Waals surface area (Å²) in [5.41, 5.74) is 2.10. The Hall–Kier alpha value is -3.26. The molecule has 0 atom stereocenters. The van der Waals surface area contributed by atoms with Crippen molar-refractivity contribution >= 4 is 27.7 Å². The summed E-state index contributed by atoms with van der Waals surface area (Å²) < 4.78 is 2.74. The van der Waals surface area contributed by atoms with Crippen molar-refractivity contribution < 1.29 is 4.79 Å². The minimum atomic E-state index is -0.338. The van der Waals surface area contributed by atoms with Gasteiger partial charge in [0, 0.05) is 10.5 Å². The standard InChI is InChI=1S/C19H15BrN6O/c20-15-8-6-14(7-9-15)13-25-18(10-11-21-25)23-19(27)17-12-22-26(24-17)16-4-2-1-3-5-16/h1-12H,13H2,(H,23,27). The highest BCUT2D eigenvalue weighted by atomic mass is 79.9. The molecule has 2 aromatic heterocycles. The van der Waals surface area contributed by atoms with Crippen molar-refractivity contribution in [1.82, 2.24) is 24.8 Å². The van der Waals surface area contributed by atoms with Crippen molar-refractivity contribution in [2.75, 3.05) is 5.32 Å². The van der Waals surface area contributed by atoms with Crippen LogP contribution in [0.1, 0.15) is 16.1 Å². The summed E-state index contributed by atoms with van der Waals surface area (Å²) in [5.74, 6) is 0.256. The number of benzene rings is 2. The lowest BCUT2D eigenvalue weighted by atomic mass is 10.2. The Morgan fingerprint density at radius 2 is 1.78 bits per heavy atom. The fraction of sp³-hybridized carbons (Fsp3) is 0.0526. The number of nitrogens with zero attached hydrogens (tertiary/aromatic N) is 5. The Labute approximate surface area is 163 Å². The van der Waals surface area contributed by atoms with Crippen LogP contribution in [0, 0.1) is 0 Å². The van der Waals surface area contributed by atoms with Gasteiger partial charge < -0.3 is 5.32 Å². The topological polar surface area (TPSA) is 77.6 Å². The maximum absolute atomic E-state index is 12.5. The van der Waals surface area contributed by atoms with Crippen molar-refractivity contribution in [3.05, 3.63) is 88.8 Å². The van der Waals surface area contributed by atoms with Crippen LogP contribution < -0.4 is 5.32 Å². The number of hydrogen-bond acceptors (Lipinski definition) is 4. The molecule has 0 saturated carbocycles. The van der Waals surface area contributed by atoms with Gasteiger partial charge in [-0.2, -0.15) is 15.0 Å². The second kappa shape index (κ2) is 7.55. The summed E-state index contributed by atoms with van der Waals surface area (Å²) in [4.78, 5) is 14.0. The van der Waals surface area contributed by atoms with Crippen LogP contribution in [0.2, 0.25) is 0 Å². The number of amides is 1. The molecule has 134 valence electrons. The highest BCUT2D eigenvalue weighted by Gasteiger charge is 2.14. The molecule has 0 spiro atoms. The zero-order chi connectivity index (χ0) is 18.6.